The maximum absolute atomic E-state index is 13.3. The molecule has 2 saturated heterocycles. The van der Waals surface area contributed by atoms with Gasteiger partial charge in [-0.2, -0.15) is 4.98 Å². The Morgan fingerprint density at radius 3 is 2.56 bits per heavy atom. The molecule has 4 aromatic rings. The molecule has 1 aromatic carbocycles. The molecule has 2 fully saturated rings. The number of rotatable bonds is 9. The Balaban J connectivity index is 1.29. The second kappa shape index (κ2) is 12.0. The molecule has 0 radical (unpaired) electrons. The first-order chi connectivity index (χ1) is 20.9. The lowest BCUT2D eigenvalue weighted by Gasteiger charge is -2.38. The number of nitrogens with one attached hydrogen (secondary N) is 1. The minimum absolute atomic E-state index is 0.157. The predicted molar refractivity (Wildman–Crippen MR) is 168 cm³/mol. The van der Waals surface area contributed by atoms with Crippen molar-refractivity contribution in [2.75, 3.05) is 43.5 Å². The molecule has 0 saturated carbocycles. The van der Waals surface area contributed by atoms with Crippen LogP contribution >= 0.6 is 0 Å². The predicted octanol–water partition coefficient (Wildman–Crippen LogP) is 3.72. The highest BCUT2D eigenvalue weighted by molar-refractivity contribution is 5.77. The summed E-state index contributed by atoms with van der Waals surface area (Å²) >= 11 is 0. The SMILES string of the molecule is C=CCn1c(=O)c2cnc(Nc3ccc(N4CCC(N5CCCC5)CC4)c(OC)c3)nc2n1-c1ccc(=O)n(C(C)C)n1. The number of likely N-dealkylation sites (tertiary alicyclic amines) is 1. The maximum atomic E-state index is 13.3. The Kier molecular flexibility index (Phi) is 8.02. The van der Waals surface area contributed by atoms with Gasteiger partial charge in [-0.15, -0.1) is 11.7 Å². The normalized spacial score (nSPS) is 16.3. The summed E-state index contributed by atoms with van der Waals surface area (Å²) in [5.41, 5.74) is 1.71. The van der Waals surface area contributed by atoms with Crippen LogP contribution in [0.2, 0.25) is 0 Å². The molecule has 0 amide bonds. The van der Waals surface area contributed by atoms with Crippen LogP contribution in [0, 0.1) is 0 Å². The van der Waals surface area contributed by atoms with Crippen LogP contribution in [-0.4, -0.2) is 73.3 Å². The van der Waals surface area contributed by atoms with E-state index in [0.717, 1.165) is 43.1 Å². The molecule has 1 N–H and O–H groups in total. The summed E-state index contributed by atoms with van der Waals surface area (Å²) in [6.07, 6.45) is 8.10. The molecule has 2 aliphatic heterocycles. The molecule has 0 unspecified atom stereocenters. The first kappa shape index (κ1) is 28.7. The van der Waals surface area contributed by atoms with E-state index in [1.807, 2.05) is 26.0 Å². The molecule has 12 nitrogen and oxygen atoms in total. The number of fused-ring (bicyclic) bond motifs is 1. The second-order valence-corrected chi connectivity index (χ2v) is 11.5. The largest absolute Gasteiger partial charge is 0.495 e. The topological polar surface area (TPSA) is 115 Å². The molecular formula is C31H39N9O3. The van der Waals surface area contributed by atoms with Crippen molar-refractivity contribution in [2.45, 2.75) is 58.2 Å². The van der Waals surface area contributed by atoms with Gasteiger partial charge in [-0.1, -0.05) is 6.08 Å². The quantitative estimate of drug-likeness (QED) is 0.294. The maximum Gasteiger partial charge on any atom is 0.278 e. The fourth-order valence-electron chi connectivity index (χ4n) is 6.23. The summed E-state index contributed by atoms with van der Waals surface area (Å²) in [5, 5.41) is 8.14. The van der Waals surface area contributed by atoms with Crippen molar-refractivity contribution in [2.24, 2.45) is 0 Å². The average Bonchev–Trinajstić information content (AvgIpc) is 3.65. The van der Waals surface area contributed by atoms with Crippen molar-refractivity contribution in [3.8, 4) is 11.6 Å². The number of allylic oxidation sites excluding steroid dienone is 1. The molecule has 0 spiro atoms. The zero-order valence-electron chi connectivity index (χ0n) is 25.1. The van der Waals surface area contributed by atoms with Gasteiger partial charge in [0.2, 0.25) is 5.95 Å². The molecule has 0 bridgehead atoms. The van der Waals surface area contributed by atoms with E-state index in [0.29, 0.717) is 28.8 Å². The van der Waals surface area contributed by atoms with Crippen LogP contribution in [0.5, 0.6) is 5.75 Å². The van der Waals surface area contributed by atoms with Crippen LogP contribution in [0.15, 0.2) is 58.8 Å². The summed E-state index contributed by atoms with van der Waals surface area (Å²) < 4.78 is 10.3. The molecular weight excluding hydrogens is 546 g/mol. The lowest BCUT2D eigenvalue weighted by Crippen LogP contribution is -2.43. The van der Waals surface area contributed by atoms with Gasteiger partial charge in [0, 0.05) is 43.1 Å². The van der Waals surface area contributed by atoms with E-state index in [1.54, 1.807) is 23.9 Å². The first-order valence-corrected chi connectivity index (χ1v) is 15.0. The van der Waals surface area contributed by atoms with E-state index in [-0.39, 0.29) is 23.7 Å². The average molecular weight is 586 g/mol. The molecule has 12 heteroatoms. The molecule has 3 aromatic heterocycles. The van der Waals surface area contributed by atoms with Gasteiger partial charge >= 0.3 is 0 Å². The van der Waals surface area contributed by atoms with Crippen LogP contribution in [-0.2, 0) is 6.54 Å². The van der Waals surface area contributed by atoms with Crippen LogP contribution in [0.4, 0.5) is 17.3 Å². The minimum Gasteiger partial charge on any atom is -0.495 e. The summed E-state index contributed by atoms with van der Waals surface area (Å²) in [7, 11) is 1.69. The summed E-state index contributed by atoms with van der Waals surface area (Å²) in [5.74, 6) is 1.49. The van der Waals surface area contributed by atoms with Gasteiger partial charge < -0.3 is 19.9 Å². The van der Waals surface area contributed by atoms with Crippen molar-refractivity contribution in [1.29, 1.82) is 0 Å². The lowest BCUT2D eigenvalue weighted by atomic mass is 10.0. The first-order valence-electron chi connectivity index (χ1n) is 15.0. The highest BCUT2D eigenvalue weighted by Crippen LogP contribution is 2.34. The van der Waals surface area contributed by atoms with Crippen molar-refractivity contribution in [3.05, 3.63) is 69.9 Å². The standard InChI is InChI=1S/C31H39N9O3/c1-5-14-38-30(42)24-20-32-31(34-29(24)40(38)27-10-11-28(41)39(35-27)21(2)3)33-22-8-9-25(26(19-22)43-4)37-17-12-23(13-18-37)36-15-6-7-16-36/h5,8-11,19-21,23H,1,6-7,12-18H2,2-4H3,(H,32,33,34). The highest BCUT2D eigenvalue weighted by atomic mass is 16.5. The number of methoxy groups -OCH3 is 1. The number of benzene rings is 1. The number of aromatic nitrogens is 6. The van der Waals surface area contributed by atoms with Gasteiger partial charge in [-0.05, 0) is 70.8 Å². The molecule has 0 aliphatic carbocycles. The van der Waals surface area contributed by atoms with Crippen LogP contribution in [0.3, 0.4) is 0 Å². The number of ether oxygens (including phenoxy) is 1. The Labute approximate surface area is 250 Å². The fourth-order valence-corrected chi connectivity index (χ4v) is 6.23. The van der Waals surface area contributed by atoms with Gasteiger partial charge in [0.05, 0.1) is 25.4 Å². The highest BCUT2D eigenvalue weighted by Gasteiger charge is 2.27. The van der Waals surface area contributed by atoms with Crippen molar-refractivity contribution >= 4 is 28.4 Å². The van der Waals surface area contributed by atoms with Crippen LogP contribution < -0.4 is 26.1 Å². The van der Waals surface area contributed by atoms with E-state index >= 15 is 0 Å². The fraction of sp³-hybridized carbons (Fsp3) is 0.452. The van der Waals surface area contributed by atoms with Gasteiger partial charge in [0.25, 0.3) is 11.1 Å². The van der Waals surface area contributed by atoms with Crippen LogP contribution in [0.1, 0.15) is 45.6 Å². The number of hydrogen-bond donors (Lipinski definition) is 1. The third-order valence-electron chi connectivity index (χ3n) is 8.39. The van der Waals surface area contributed by atoms with Gasteiger partial charge in [0.15, 0.2) is 11.5 Å². The summed E-state index contributed by atoms with van der Waals surface area (Å²) in [6, 6.07) is 9.58. The number of hydrogen-bond acceptors (Lipinski definition) is 9. The Morgan fingerprint density at radius 2 is 1.86 bits per heavy atom. The van der Waals surface area contributed by atoms with E-state index in [1.165, 1.54) is 47.6 Å². The molecule has 2 aliphatic rings. The van der Waals surface area contributed by atoms with Crippen molar-refractivity contribution < 1.29 is 4.74 Å². The van der Waals surface area contributed by atoms with Crippen molar-refractivity contribution in [3.63, 3.8) is 0 Å². The van der Waals surface area contributed by atoms with E-state index < -0.39 is 0 Å². The third kappa shape index (κ3) is 5.54. The Hall–Kier alpha value is -4.45. The molecule has 5 heterocycles. The smallest absolute Gasteiger partial charge is 0.278 e. The zero-order valence-corrected chi connectivity index (χ0v) is 25.1. The summed E-state index contributed by atoms with van der Waals surface area (Å²) in [6.45, 7) is 12.3. The Morgan fingerprint density at radius 1 is 1.09 bits per heavy atom. The van der Waals surface area contributed by atoms with Crippen molar-refractivity contribution in [1.82, 2.24) is 34.0 Å². The summed E-state index contributed by atoms with van der Waals surface area (Å²) in [4.78, 5) is 39.9. The lowest BCUT2D eigenvalue weighted by molar-refractivity contribution is 0.207. The molecule has 6 rings (SSSR count). The van der Waals surface area contributed by atoms with Gasteiger partial charge in [-0.3, -0.25) is 9.59 Å². The van der Waals surface area contributed by atoms with Gasteiger partial charge in [-0.25, -0.2) is 19.0 Å². The zero-order chi connectivity index (χ0) is 30.1. The van der Waals surface area contributed by atoms with E-state index in [4.69, 9.17) is 9.72 Å². The number of piperidine rings is 1. The molecule has 0 atom stereocenters. The molecule has 226 valence electrons. The minimum atomic E-state index is -0.273. The third-order valence-corrected chi connectivity index (χ3v) is 8.39. The molecule has 43 heavy (non-hydrogen) atoms. The Bertz CT molecular complexity index is 1740. The monoisotopic (exact) mass is 585 g/mol. The van der Waals surface area contributed by atoms with E-state index in [2.05, 4.69) is 37.8 Å². The van der Waals surface area contributed by atoms with Crippen LogP contribution in [0.25, 0.3) is 16.9 Å². The number of nitrogens with zero attached hydrogens (tertiary/aromatic N) is 8. The van der Waals surface area contributed by atoms with Gasteiger partial charge in [0.1, 0.15) is 11.1 Å². The van der Waals surface area contributed by atoms with E-state index in [9.17, 15) is 9.59 Å². The number of anilines is 3. The second-order valence-electron chi connectivity index (χ2n) is 11.5.